The average molecular weight is 551 g/mol. The van der Waals surface area contributed by atoms with Crippen molar-refractivity contribution in [2.24, 2.45) is 0 Å². The summed E-state index contributed by atoms with van der Waals surface area (Å²) in [6.07, 6.45) is 7.90. The summed E-state index contributed by atoms with van der Waals surface area (Å²) in [4.78, 5) is 34.1. The number of carbonyl (C=O) groups is 2. The second-order valence-corrected chi connectivity index (χ2v) is 11.0. The molecule has 0 radical (unpaired) electrons. The van der Waals surface area contributed by atoms with E-state index in [1.165, 1.54) is 11.3 Å². The molecule has 0 aliphatic carbocycles. The highest BCUT2D eigenvalue weighted by molar-refractivity contribution is 7.21. The number of thiazole rings is 1. The predicted octanol–water partition coefficient (Wildman–Crippen LogP) is 3.05. The predicted molar refractivity (Wildman–Crippen MR) is 146 cm³/mol. The first-order chi connectivity index (χ1) is 18.8. The molecule has 2 aliphatic heterocycles. The van der Waals surface area contributed by atoms with Crippen molar-refractivity contribution < 1.29 is 19.1 Å². The highest BCUT2D eigenvalue weighted by Gasteiger charge is 2.25. The molecule has 204 valence electrons. The summed E-state index contributed by atoms with van der Waals surface area (Å²) >= 11 is 1.45. The van der Waals surface area contributed by atoms with Gasteiger partial charge in [0.2, 0.25) is 11.8 Å². The number of hydrogen-bond donors (Lipinski definition) is 2. The zero-order valence-corrected chi connectivity index (χ0v) is 22.8. The molecule has 2 aliphatic rings. The molecule has 1 fully saturated rings. The summed E-state index contributed by atoms with van der Waals surface area (Å²) < 4.78 is 15.1. The van der Waals surface area contributed by atoms with Gasteiger partial charge in [0.15, 0.2) is 0 Å². The molecule has 0 aromatic carbocycles. The zero-order valence-electron chi connectivity index (χ0n) is 22.0. The molecule has 6 heterocycles. The molecule has 4 aromatic heterocycles. The van der Waals surface area contributed by atoms with Crippen molar-refractivity contribution in [3.05, 3.63) is 42.1 Å². The van der Waals surface area contributed by atoms with E-state index in [1.807, 2.05) is 24.7 Å². The van der Waals surface area contributed by atoms with Gasteiger partial charge in [0.25, 0.3) is 5.91 Å². The third-order valence-corrected chi connectivity index (χ3v) is 7.88. The molecule has 2 amide bonds. The minimum atomic E-state index is -0.309. The molecule has 2 N–H and O–H groups in total. The largest absolute Gasteiger partial charge is 0.477 e. The lowest BCUT2D eigenvalue weighted by atomic mass is 10.2. The highest BCUT2D eigenvalue weighted by atomic mass is 32.1. The van der Waals surface area contributed by atoms with Crippen LogP contribution in [-0.4, -0.2) is 79.5 Å². The van der Waals surface area contributed by atoms with Gasteiger partial charge in [-0.25, -0.2) is 9.20 Å². The minimum Gasteiger partial charge on any atom is -0.477 e. The van der Waals surface area contributed by atoms with E-state index in [4.69, 9.17) is 9.47 Å². The van der Waals surface area contributed by atoms with Crippen LogP contribution in [0.15, 0.2) is 30.9 Å². The summed E-state index contributed by atoms with van der Waals surface area (Å²) in [6, 6.07) is 1.72. The molecular weight excluding hydrogens is 520 g/mol. The summed E-state index contributed by atoms with van der Waals surface area (Å²) in [5.74, 6) is 0.293. The minimum absolute atomic E-state index is 0.0815. The lowest BCUT2D eigenvalue weighted by Crippen LogP contribution is -2.48. The Morgan fingerprint density at radius 1 is 1.13 bits per heavy atom. The Balaban J connectivity index is 1.16. The Morgan fingerprint density at radius 2 is 1.95 bits per heavy atom. The molecule has 0 spiro atoms. The second kappa shape index (κ2) is 10.4. The van der Waals surface area contributed by atoms with E-state index < -0.39 is 0 Å². The van der Waals surface area contributed by atoms with Crippen molar-refractivity contribution in [3.8, 4) is 16.3 Å². The topological polar surface area (TPSA) is 128 Å². The first kappa shape index (κ1) is 25.5. The first-order valence-corrected chi connectivity index (χ1v) is 13.8. The van der Waals surface area contributed by atoms with E-state index in [1.54, 1.807) is 36.1 Å². The van der Waals surface area contributed by atoms with Crippen LogP contribution in [0.1, 0.15) is 36.3 Å². The number of carbonyl (C=O) groups excluding carboxylic acids is 2. The second-order valence-electron chi connectivity index (χ2n) is 10.0. The van der Waals surface area contributed by atoms with Gasteiger partial charge in [-0.05, 0) is 26.8 Å². The average Bonchev–Trinajstić information content (AvgIpc) is 3.59. The summed E-state index contributed by atoms with van der Waals surface area (Å²) in [5, 5.41) is 14.6. The lowest BCUT2D eigenvalue weighted by Gasteiger charge is -2.34. The molecule has 6 rings (SSSR count). The van der Waals surface area contributed by atoms with Crippen LogP contribution in [0.25, 0.3) is 15.3 Å². The Hall–Kier alpha value is -3.81. The monoisotopic (exact) mass is 550 g/mol. The van der Waals surface area contributed by atoms with Gasteiger partial charge in [-0.1, -0.05) is 0 Å². The number of nitrogens with zero attached hydrogens (tertiary/aromatic N) is 6. The smallest absolute Gasteiger partial charge is 0.260 e. The van der Waals surface area contributed by atoms with Crippen molar-refractivity contribution in [1.82, 2.24) is 29.3 Å². The number of aromatic nitrogens is 5. The third kappa shape index (κ3) is 5.24. The van der Waals surface area contributed by atoms with Crippen molar-refractivity contribution in [2.45, 2.75) is 45.9 Å². The summed E-state index contributed by atoms with van der Waals surface area (Å²) in [7, 11) is 0. The molecule has 0 unspecified atom stereocenters. The number of aryl methyl sites for hydroxylation is 2. The van der Waals surface area contributed by atoms with Crippen molar-refractivity contribution >= 4 is 39.4 Å². The summed E-state index contributed by atoms with van der Waals surface area (Å²) in [6.45, 7) is 8.96. The van der Waals surface area contributed by atoms with Crippen molar-refractivity contribution in [2.75, 3.05) is 36.9 Å². The summed E-state index contributed by atoms with van der Waals surface area (Å²) in [5.41, 5.74) is 3.00. The number of pyridine rings is 1. The van der Waals surface area contributed by atoms with E-state index >= 15 is 0 Å². The van der Waals surface area contributed by atoms with Crippen LogP contribution < -0.4 is 15.4 Å². The SMILES string of the molecule is Cc1ncc(NC(=O)CN2C[C@H](C)O[C@@H](C)C2)cc1NC(=O)c1cnn2cc(-c3cnn4c3OCCC4)sc12. The van der Waals surface area contributed by atoms with E-state index in [0.29, 0.717) is 47.2 Å². The number of morpholine rings is 1. The Kier molecular flexibility index (Phi) is 6.79. The molecule has 0 bridgehead atoms. The Bertz CT molecular complexity index is 1530. The quantitative estimate of drug-likeness (QED) is 0.375. The normalized spacial score (nSPS) is 19.5. The number of nitrogens with one attached hydrogen (secondary N) is 2. The van der Waals surface area contributed by atoms with Crippen molar-refractivity contribution in [1.29, 1.82) is 0 Å². The van der Waals surface area contributed by atoms with E-state index in [9.17, 15) is 9.59 Å². The van der Waals surface area contributed by atoms with E-state index in [0.717, 1.165) is 29.3 Å². The van der Waals surface area contributed by atoms with Gasteiger partial charge in [0.05, 0.1) is 77.0 Å². The van der Waals surface area contributed by atoms with Gasteiger partial charge in [0, 0.05) is 32.3 Å². The van der Waals surface area contributed by atoms with Crippen LogP contribution in [-0.2, 0) is 16.1 Å². The first-order valence-electron chi connectivity index (χ1n) is 13.0. The van der Waals surface area contributed by atoms with Crippen LogP contribution in [0.4, 0.5) is 11.4 Å². The van der Waals surface area contributed by atoms with Crippen LogP contribution in [0.5, 0.6) is 5.88 Å². The molecule has 1 saturated heterocycles. The molecule has 0 saturated carbocycles. The van der Waals surface area contributed by atoms with Gasteiger partial charge in [-0.3, -0.25) is 19.5 Å². The van der Waals surface area contributed by atoms with Crippen molar-refractivity contribution in [3.63, 3.8) is 0 Å². The molecule has 39 heavy (non-hydrogen) atoms. The fraction of sp³-hybridized carbons (Fsp3) is 0.423. The van der Waals surface area contributed by atoms with Gasteiger partial charge >= 0.3 is 0 Å². The van der Waals surface area contributed by atoms with Crippen LogP contribution >= 0.6 is 11.3 Å². The van der Waals surface area contributed by atoms with Gasteiger partial charge in [-0.2, -0.15) is 10.2 Å². The number of hydrogen-bond acceptors (Lipinski definition) is 9. The molecule has 12 nitrogen and oxygen atoms in total. The fourth-order valence-electron chi connectivity index (χ4n) is 5.04. The number of rotatable bonds is 6. The van der Waals surface area contributed by atoms with E-state index in [2.05, 4.69) is 30.7 Å². The van der Waals surface area contributed by atoms with E-state index in [-0.39, 0.29) is 30.6 Å². The number of anilines is 2. The lowest BCUT2D eigenvalue weighted by molar-refractivity contribution is -0.121. The maximum absolute atomic E-state index is 13.3. The number of amides is 2. The fourth-order valence-corrected chi connectivity index (χ4v) is 6.10. The third-order valence-electron chi connectivity index (χ3n) is 6.73. The zero-order chi connectivity index (χ0) is 27.1. The van der Waals surface area contributed by atoms with Crippen LogP contribution in [0.3, 0.4) is 0 Å². The van der Waals surface area contributed by atoms with Crippen LogP contribution in [0.2, 0.25) is 0 Å². The maximum Gasteiger partial charge on any atom is 0.260 e. The Morgan fingerprint density at radius 3 is 2.77 bits per heavy atom. The van der Waals surface area contributed by atoms with Crippen LogP contribution in [0, 0.1) is 6.92 Å². The molecule has 13 heteroatoms. The Labute approximate surface area is 228 Å². The molecular formula is C26H30N8O4S. The molecule has 2 atom stereocenters. The number of ether oxygens (including phenoxy) is 2. The van der Waals surface area contributed by atoms with Gasteiger partial charge < -0.3 is 20.1 Å². The molecule has 4 aromatic rings. The van der Waals surface area contributed by atoms with Gasteiger partial charge in [-0.15, -0.1) is 11.3 Å². The maximum atomic E-state index is 13.3. The number of fused-ring (bicyclic) bond motifs is 2. The standard InChI is InChI=1S/C26H30N8O4S/c1-15-11-32(12-16(2)38-15)14-23(35)30-18-7-21(17(3)27-8-18)31-24(36)20-10-29-34-13-22(39-26(20)34)19-9-28-33-5-4-6-37-25(19)33/h7-10,13,15-16H,4-6,11-12,14H2,1-3H3,(H,30,35)(H,31,36)/t15-,16-/m0/s1. The highest BCUT2D eigenvalue weighted by Crippen LogP contribution is 2.37. The van der Waals surface area contributed by atoms with Gasteiger partial charge in [0.1, 0.15) is 4.83 Å².